The van der Waals surface area contributed by atoms with Gasteiger partial charge < -0.3 is 23.8 Å². The number of hydrogen-bond acceptors (Lipinski definition) is 8. The summed E-state index contributed by atoms with van der Waals surface area (Å²) in [6.45, 7) is 0.392. The maximum Gasteiger partial charge on any atom is 0.345 e. The zero-order valence-electron chi connectivity index (χ0n) is 24.7. The molecule has 5 aromatic rings. The number of aliphatic carboxylic acids is 1. The number of benzene rings is 2. The molecule has 1 aliphatic rings. The SMILES string of the molecule is CC(=O)[O-].Cn1cc(C2=C(c3cn(C)c4cc([N+](=O)[O-])ccc34)C(=O)N(COC(=O)c3ccc[n+](C)c3)C2=O)c2ccccc21. The van der Waals surface area contributed by atoms with Crippen LogP contribution >= 0.6 is 0 Å². The molecule has 0 N–H and O–H groups in total. The zero-order chi connectivity index (χ0) is 32.6. The van der Waals surface area contributed by atoms with Gasteiger partial charge in [-0.05, 0) is 25.1 Å². The van der Waals surface area contributed by atoms with Crippen molar-refractivity contribution in [1.29, 1.82) is 0 Å². The molecule has 0 spiro atoms. The molecule has 0 bridgehead atoms. The van der Waals surface area contributed by atoms with Gasteiger partial charge in [0, 0.05) is 78.1 Å². The number of fused-ring (bicyclic) bond motifs is 2. The van der Waals surface area contributed by atoms with Crippen LogP contribution in [0.3, 0.4) is 0 Å². The molecule has 6 rings (SSSR count). The number of nitro benzene ring substituents is 1. The number of nitrogens with zero attached hydrogens (tertiary/aromatic N) is 5. The minimum atomic E-state index is -1.08. The van der Waals surface area contributed by atoms with Crippen molar-refractivity contribution in [3.8, 4) is 0 Å². The smallest absolute Gasteiger partial charge is 0.345 e. The maximum atomic E-state index is 14.0. The molecule has 0 atom stereocenters. The lowest BCUT2D eigenvalue weighted by molar-refractivity contribution is -0.671. The molecule has 0 saturated heterocycles. The summed E-state index contributed by atoms with van der Waals surface area (Å²) in [6, 6.07) is 15.2. The number of hydrogen-bond donors (Lipinski definition) is 0. The monoisotopic (exact) mass is 609 g/mol. The fraction of sp³-hybridized carbons (Fsp3) is 0.156. The third-order valence-corrected chi connectivity index (χ3v) is 7.29. The quantitative estimate of drug-likeness (QED) is 0.0931. The van der Waals surface area contributed by atoms with Crippen molar-refractivity contribution in [2.24, 2.45) is 21.1 Å². The van der Waals surface area contributed by atoms with Gasteiger partial charge in [-0.1, -0.05) is 18.2 Å². The number of aromatic nitrogens is 3. The topological polar surface area (TPSA) is 161 Å². The normalized spacial score (nSPS) is 12.9. The number of pyridine rings is 1. The van der Waals surface area contributed by atoms with Crippen LogP contribution in [0.1, 0.15) is 28.4 Å². The Balaban J connectivity index is 0.000000945. The molecular formula is C32H27N5O8. The highest BCUT2D eigenvalue weighted by molar-refractivity contribution is 6.50. The van der Waals surface area contributed by atoms with Crippen LogP contribution in [0.5, 0.6) is 0 Å². The number of aryl methyl sites for hydroxylation is 3. The Bertz CT molecular complexity index is 2080. The van der Waals surface area contributed by atoms with Crippen LogP contribution in [0.25, 0.3) is 33.0 Å². The van der Waals surface area contributed by atoms with E-state index in [9.17, 15) is 24.5 Å². The summed E-state index contributed by atoms with van der Waals surface area (Å²) in [5.74, 6) is -3.00. The van der Waals surface area contributed by atoms with Crippen molar-refractivity contribution >= 4 is 62.4 Å². The van der Waals surface area contributed by atoms with E-state index in [4.69, 9.17) is 14.6 Å². The van der Waals surface area contributed by atoms with Crippen LogP contribution in [0.2, 0.25) is 0 Å². The van der Waals surface area contributed by atoms with E-state index in [0.717, 1.165) is 22.7 Å². The number of carboxylic acids is 1. The summed E-state index contributed by atoms with van der Waals surface area (Å²) in [5, 5.41) is 21.6. The molecular weight excluding hydrogens is 582 g/mol. The average molecular weight is 610 g/mol. The van der Waals surface area contributed by atoms with Gasteiger partial charge in [-0.25, -0.2) is 14.3 Å². The number of amides is 2. The van der Waals surface area contributed by atoms with Crippen LogP contribution in [0.4, 0.5) is 5.69 Å². The van der Waals surface area contributed by atoms with E-state index >= 15 is 0 Å². The molecule has 228 valence electrons. The highest BCUT2D eigenvalue weighted by atomic mass is 16.6. The molecule has 0 aliphatic carbocycles. The fourth-order valence-corrected chi connectivity index (χ4v) is 5.33. The third kappa shape index (κ3) is 5.66. The van der Waals surface area contributed by atoms with Gasteiger partial charge in [-0.15, -0.1) is 0 Å². The minimum absolute atomic E-state index is 0.0924. The zero-order valence-corrected chi connectivity index (χ0v) is 24.7. The van der Waals surface area contributed by atoms with Crippen molar-refractivity contribution < 1.29 is 38.5 Å². The number of nitro groups is 1. The number of carbonyl (C=O) groups is 4. The van der Waals surface area contributed by atoms with Crippen molar-refractivity contribution in [1.82, 2.24) is 14.0 Å². The summed E-state index contributed by atoms with van der Waals surface area (Å²) < 4.78 is 10.7. The Labute approximate surface area is 255 Å². The standard InChI is InChI=1S/C30H24N5O6.C2H4O2/c1-31-12-6-7-18(14-31)30(38)41-17-34-28(36)26(22-15-32(2)24-9-5-4-8-20(22)24)27(29(34)37)23-16-33(3)25-13-19(35(39)40)10-11-21(23)25;1-2(3)4/h4-16H,17H2,1-3H3;1H3,(H,3,4)/q+1;/p-1. The summed E-state index contributed by atoms with van der Waals surface area (Å²) in [5.41, 5.74) is 2.87. The van der Waals surface area contributed by atoms with Gasteiger partial charge in [0.2, 0.25) is 0 Å². The number of carboxylic acid groups (broad SMARTS) is 1. The number of non-ortho nitro benzene ring substituents is 1. The number of carbonyl (C=O) groups excluding carboxylic acids is 4. The first-order valence-electron chi connectivity index (χ1n) is 13.6. The number of para-hydroxylation sites is 1. The van der Waals surface area contributed by atoms with Gasteiger partial charge in [0.1, 0.15) is 12.6 Å². The van der Waals surface area contributed by atoms with Crippen molar-refractivity contribution in [3.63, 3.8) is 0 Å². The van der Waals surface area contributed by atoms with Crippen molar-refractivity contribution in [3.05, 3.63) is 106 Å². The molecule has 13 nitrogen and oxygen atoms in total. The number of imide groups is 1. The summed E-state index contributed by atoms with van der Waals surface area (Å²) >= 11 is 0. The molecule has 0 radical (unpaired) electrons. The first kappa shape index (κ1) is 30.4. The van der Waals surface area contributed by atoms with Crippen LogP contribution in [0.15, 0.2) is 79.4 Å². The van der Waals surface area contributed by atoms with Crippen molar-refractivity contribution in [2.75, 3.05) is 6.73 Å². The maximum absolute atomic E-state index is 14.0. The first-order valence-corrected chi connectivity index (χ1v) is 13.6. The lowest BCUT2D eigenvalue weighted by Gasteiger charge is -2.15. The number of rotatable bonds is 6. The molecule has 45 heavy (non-hydrogen) atoms. The fourth-order valence-electron chi connectivity index (χ4n) is 5.33. The van der Waals surface area contributed by atoms with E-state index in [1.165, 1.54) is 12.1 Å². The second kappa shape index (κ2) is 11.9. The van der Waals surface area contributed by atoms with Gasteiger partial charge >= 0.3 is 5.97 Å². The lowest BCUT2D eigenvalue weighted by atomic mass is 9.95. The van der Waals surface area contributed by atoms with E-state index in [1.807, 2.05) is 35.9 Å². The minimum Gasteiger partial charge on any atom is -0.550 e. The predicted octanol–water partition coefficient (Wildman–Crippen LogP) is 2.25. The molecule has 0 fully saturated rings. The van der Waals surface area contributed by atoms with Gasteiger partial charge in [-0.3, -0.25) is 19.7 Å². The van der Waals surface area contributed by atoms with Crippen LogP contribution < -0.4 is 9.67 Å². The first-order chi connectivity index (χ1) is 21.4. The largest absolute Gasteiger partial charge is 0.550 e. The molecule has 4 heterocycles. The molecule has 1 aliphatic heterocycles. The highest BCUT2D eigenvalue weighted by Crippen LogP contribution is 2.42. The Morgan fingerprint density at radius 2 is 1.47 bits per heavy atom. The molecule has 0 saturated carbocycles. The molecule has 13 heteroatoms. The van der Waals surface area contributed by atoms with Gasteiger partial charge in [0.15, 0.2) is 19.1 Å². The predicted molar refractivity (Wildman–Crippen MR) is 160 cm³/mol. The molecule has 3 aromatic heterocycles. The van der Waals surface area contributed by atoms with Crippen LogP contribution in [-0.2, 0) is 40.3 Å². The summed E-state index contributed by atoms with van der Waals surface area (Å²) in [4.78, 5) is 61.5. The van der Waals surface area contributed by atoms with E-state index < -0.39 is 35.4 Å². The van der Waals surface area contributed by atoms with E-state index in [0.29, 0.717) is 22.0 Å². The van der Waals surface area contributed by atoms with Crippen molar-refractivity contribution in [2.45, 2.75) is 6.92 Å². The second-order valence-corrected chi connectivity index (χ2v) is 10.4. The van der Waals surface area contributed by atoms with Gasteiger partial charge in [-0.2, -0.15) is 0 Å². The van der Waals surface area contributed by atoms with Crippen LogP contribution in [-0.4, -0.2) is 49.4 Å². The summed E-state index contributed by atoms with van der Waals surface area (Å²) in [7, 11) is 5.33. The molecule has 2 amide bonds. The van der Waals surface area contributed by atoms with Crippen LogP contribution in [0, 0.1) is 10.1 Å². The Morgan fingerprint density at radius 3 is 2.07 bits per heavy atom. The van der Waals surface area contributed by atoms with Gasteiger partial charge in [0.05, 0.1) is 21.6 Å². The Hall–Kier alpha value is -6.11. The van der Waals surface area contributed by atoms with E-state index in [-0.39, 0.29) is 22.4 Å². The number of esters is 1. The molecule has 2 aromatic carbocycles. The lowest BCUT2D eigenvalue weighted by Crippen LogP contribution is -2.35. The molecule has 0 unspecified atom stereocenters. The number of ether oxygens (including phenoxy) is 1. The second-order valence-electron chi connectivity index (χ2n) is 10.4. The van der Waals surface area contributed by atoms with E-state index in [1.54, 1.807) is 66.2 Å². The Kier molecular flexibility index (Phi) is 8.01. The Morgan fingerprint density at radius 1 is 0.889 bits per heavy atom. The average Bonchev–Trinajstić information content (AvgIpc) is 3.59. The summed E-state index contributed by atoms with van der Waals surface area (Å²) in [6.07, 6.45) is 6.81. The van der Waals surface area contributed by atoms with E-state index in [2.05, 4.69) is 0 Å². The van der Waals surface area contributed by atoms with Gasteiger partial charge in [0.25, 0.3) is 17.5 Å². The highest BCUT2D eigenvalue weighted by Gasteiger charge is 2.42. The third-order valence-electron chi connectivity index (χ3n) is 7.29.